The largest absolute Gasteiger partial charge is 0.493 e. The van der Waals surface area contributed by atoms with Crippen molar-refractivity contribution in [2.24, 2.45) is 5.92 Å². The van der Waals surface area contributed by atoms with Gasteiger partial charge >= 0.3 is 6.18 Å². The third kappa shape index (κ3) is 6.48. The predicted octanol–water partition coefficient (Wildman–Crippen LogP) is 6.53. The van der Waals surface area contributed by atoms with Crippen LogP contribution in [0, 0.1) is 5.92 Å². The van der Waals surface area contributed by atoms with E-state index in [2.05, 4.69) is 11.8 Å². The number of likely N-dealkylation sites (tertiary alicyclic amines) is 1. The summed E-state index contributed by atoms with van der Waals surface area (Å²) in [5.74, 6) is 2.15. The Bertz CT molecular complexity index is 909. The molecule has 2 atom stereocenters. The van der Waals surface area contributed by atoms with E-state index in [-0.39, 0.29) is 31.0 Å². The van der Waals surface area contributed by atoms with Crippen molar-refractivity contribution in [3.05, 3.63) is 53.6 Å². The summed E-state index contributed by atoms with van der Waals surface area (Å²) in [4.78, 5) is 2.42. The Morgan fingerprint density at radius 2 is 1.88 bits per heavy atom. The molecule has 0 aromatic heterocycles. The topological polar surface area (TPSA) is 30.9 Å². The number of hydrogen-bond acceptors (Lipinski definition) is 4. The highest BCUT2D eigenvalue weighted by atomic mass is 35.5. The van der Waals surface area contributed by atoms with E-state index in [0.717, 1.165) is 50.5 Å². The fourth-order valence-electron chi connectivity index (χ4n) is 4.62. The zero-order chi connectivity index (χ0) is 22.6. The number of unbranched alkanes of at least 4 members (excludes halogenated alkanes) is 2. The van der Waals surface area contributed by atoms with E-state index in [0.29, 0.717) is 23.9 Å². The summed E-state index contributed by atoms with van der Waals surface area (Å²) >= 11 is 0. The second kappa shape index (κ2) is 11.3. The summed E-state index contributed by atoms with van der Waals surface area (Å²) in [7, 11) is 0. The Hall–Kier alpha value is -2.12. The maximum absolute atomic E-state index is 13.3. The molecule has 2 aromatic carbocycles. The first kappa shape index (κ1) is 25.5. The predicted molar refractivity (Wildman–Crippen MR) is 124 cm³/mol. The van der Waals surface area contributed by atoms with Gasteiger partial charge in [0.25, 0.3) is 0 Å². The molecule has 4 rings (SSSR count). The van der Waals surface area contributed by atoms with Crippen LogP contribution in [0.4, 0.5) is 13.2 Å². The summed E-state index contributed by atoms with van der Waals surface area (Å²) in [5, 5.41) is 0. The van der Waals surface area contributed by atoms with Gasteiger partial charge in [-0.05, 0) is 55.6 Å². The van der Waals surface area contributed by atoms with Gasteiger partial charge in [0, 0.05) is 18.5 Å². The molecular formula is C25H31ClF3NO3. The lowest BCUT2D eigenvalue weighted by Crippen LogP contribution is -2.42. The van der Waals surface area contributed by atoms with Crippen molar-refractivity contribution in [3.8, 4) is 17.2 Å². The van der Waals surface area contributed by atoms with Gasteiger partial charge in [-0.2, -0.15) is 13.2 Å². The van der Waals surface area contributed by atoms with Gasteiger partial charge in [-0.25, -0.2) is 0 Å². The first-order valence-electron chi connectivity index (χ1n) is 11.4. The highest BCUT2D eigenvalue weighted by molar-refractivity contribution is 5.85. The maximum Gasteiger partial charge on any atom is 0.416 e. The molecule has 0 spiro atoms. The summed E-state index contributed by atoms with van der Waals surface area (Å²) in [6.07, 6.45) is -0.0261. The third-order valence-electron chi connectivity index (χ3n) is 6.35. The molecule has 0 radical (unpaired) electrons. The monoisotopic (exact) mass is 485 g/mol. The number of fused-ring (bicyclic) bond motifs is 1. The van der Waals surface area contributed by atoms with Gasteiger partial charge in [0.05, 0.1) is 12.2 Å². The highest BCUT2D eigenvalue weighted by Crippen LogP contribution is 2.38. The van der Waals surface area contributed by atoms with Crippen molar-refractivity contribution in [2.45, 2.75) is 44.7 Å². The van der Waals surface area contributed by atoms with Crippen LogP contribution in [0.25, 0.3) is 0 Å². The zero-order valence-electron chi connectivity index (χ0n) is 18.8. The Balaban J connectivity index is 0.00000306. The molecule has 0 saturated carbocycles. The Morgan fingerprint density at radius 1 is 1.06 bits per heavy atom. The summed E-state index contributed by atoms with van der Waals surface area (Å²) in [6.45, 7) is 5.54. The van der Waals surface area contributed by atoms with Crippen LogP contribution in [0.3, 0.4) is 0 Å². The van der Waals surface area contributed by atoms with Gasteiger partial charge in [-0.3, -0.25) is 0 Å². The summed E-state index contributed by atoms with van der Waals surface area (Å²) in [6, 6.07) is 11.3. The number of nitrogens with zero attached hydrogens (tertiary/aromatic N) is 1. The number of halogens is 4. The molecule has 0 amide bonds. The first-order valence-corrected chi connectivity index (χ1v) is 11.4. The van der Waals surface area contributed by atoms with Gasteiger partial charge in [-0.1, -0.05) is 38.0 Å². The van der Waals surface area contributed by atoms with Gasteiger partial charge in [0.1, 0.15) is 5.75 Å². The number of piperidine rings is 1. The van der Waals surface area contributed by atoms with E-state index in [1.807, 2.05) is 24.3 Å². The molecule has 2 aliphatic rings. The number of ether oxygens (including phenoxy) is 3. The average molecular weight is 486 g/mol. The smallest absolute Gasteiger partial charge is 0.416 e. The standard InChI is InChI=1S/C25H30F3NO3.ClH/c1-2-3-4-11-29-12-10-22(18-6-5-7-20(13-18)25(26,27)28)19(15-29)16-30-21-8-9-23-24(14-21)32-17-31-23;/h5-9,13-14,19,22H,2-4,10-12,15-17H2,1H3;1H/t19-,22-;/m1./s1. The lowest BCUT2D eigenvalue weighted by atomic mass is 9.80. The molecule has 0 bridgehead atoms. The second-order valence-corrected chi connectivity index (χ2v) is 8.61. The Kier molecular flexibility index (Phi) is 8.76. The van der Waals surface area contributed by atoms with E-state index in [4.69, 9.17) is 14.2 Å². The molecule has 0 unspecified atom stereocenters. The van der Waals surface area contributed by atoms with Crippen molar-refractivity contribution in [2.75, 3.05) is 33.0 Å². The van der Waals surface area contributed by atoms with Gasteiger partial charge in [0.15, 0.2) is 11.5 Å². The van der Waals surface area contributed by atoms with Gasteiger partial charge < -0.3 is 19.1 Å². The van der Waals surface area contributed by atoms with Crippen LogP contribution < -0.4 is 14.2 Å². The van der Waals surface area contributed by atoms with E-state index < -0.39 is 11.7 Å². The number of benzene rings is 2. The van der Waals surface area contributed by atoms with Crippen molar-refractivity contribution in [3.63, 3.8) is 0 Å². The van der Waals surface area contributed by atoms with Crippen LogP contribution in [0.15, 0.2) is 42.5 Å². The molecule has 2 aliphatic heterocycles. The Morgan fingerprint density at radius 3 is 2.67 bits per heavy atom. The fourth-order valence-corrected chi connectivity index (χ4v) is 4.62. The average Bonchev–Trinajstić information content (AvgIpc) is 3.25. The quantitative estimate of drug-likeness (QED) is 0.398. The highest BCUT2D eigenvalue weighted by Gasteiger charge is 2.34. The molecule has 2 heterocycles. The van der Waals surface area contributed by atoms with Crippen molar-refractivity contribution < 1.29 is 27.4 Å². The Labute approximate surface area is 199 Å². The molecule has 0 N–H and O–H groups in total. The van der Waals surface area contributed by atoms with Crippen molar-refractivity contribution in [1.82, 2.24) is 4.90 Å². The van der Waals surface area contributed by atoms with Crippen LogP contribution in [0.1, 0.15) is 49.7 Å². The fraction of sp³-hybridized carbons (Fsp3) is 0.520. The van der Waals surface area contributed by atoms with E-state index in [1.165, 1.54) is 18.6 Å². The van der Waals surface area contributed by atoms with Crippen molar-refractivity contribution in [1.29, 1.82) is 0 Å². The third-order valence-corrected chi connectivity index (χ3v) is 6.35. The number of alkyl halides is 3. The molecular weight excluding hydrogens is 455 g/mol. The van der Waals surface area contributed by atoms with Gasteiger partial charge in [0.2, 0.25) is 6.79 Å². The van der Waals surface area contributed by atoms with E-state index >= 15 is 0 Å². The lowest BCUT2D eigenvalue weighted by Gasteiger charge is -2.39. The lowest BCUT2D eigenvalue weighted by molar-refractivity contribution is -0.137. The van der Waals surface area contributed by atoms with Crippen LogP contribution >= 0.6 is 12.4 Å². The minimum absolute atomic E-state index is 0. The maximum atomic E-state index is 13.3. The van der Waals surface area contributed by atoms with Gasteiger partial charge in [-0.15, -0.1) is 12.4 Å². The number of rotatable bonds is 8. The van der Waals surface area contributed by atoms with Crippen LogP contribution in [-0.4, -0.2) is 37.9 Å². The van der Waals surface area contributed by atoms with E-state index in [9.17, 15) is 13.2 Å². The molecule has 1 fully saturated rings. The molecule has 182 valence electrons. The second-order valence-electron chi connectivity index (χ2n) is 8.61. The van der Waals surface area contributed by atoms with Crippen LogP contribution in [0.2, 0.25) is 0 Å². The summed E-state index contributed by atoms with van der Waals surface area (Å²) in [5.41, 5.74) is 0.156. The SMILES string of the molecule is CCCCCN1CC[C@H](c2cccc(C(F)(F)F)c2)[C@@H](COc2ccc3c(c2)OCO3)C1.Cl. The molecule has 0 aliphatic carbocycles. The van der Waals surface area contributed by atoms with Crippen LogP contribution in [-0.2, 0) is 6.18 Å². The zero-order valence-corrected chi connectivity index (χ0v) is 19.6. The van der Waals surface area contributed by atoms with Crippen LogP contribution in [0.5, 0.6) is 17.2 Å². The minimum atomic E-state index is -4.34. The summed E-state index contributed by atoms with van der Waals surface area (Å²) < 4.78 is 56.7. The molecule has 8 heteroatoms. The minimum Gasteiger partial charge on any atom is -0.493 e. The molecule has 1 saturated heterocycles. The van der Waals surface area contributed by atoms with E-state index in [1.54, 1.807) is 0 Å². The molecule has 33 heavy (non-hydrogen) atoms. The van der Waals surface area contributed by atoms with Crippen molar-refractivity contribution >= 4 is 12.4 Å². The normalized spacial score (nSPS) is 20.4. The first-order chi connectivity index (χ1) is 15.4. The molecule has 2 aromatic rings. The number of hydrogen-bond donors (Lipinski definition) is 0. The molecule has 4 nitrogen and oxygen atoms in total.